The molecule has 54 valence electrons. The van der Waals surface area contributed by atoms with Crippen molar-refractivity contribution < 1.29 is 30.7 Å². The standard InChI is InChI=1S/C2H4NOS.Mo.H2O.2O/c3-2(5)1-4;;;;/h1H2,(H2,3,5);;1H2;;/q-1;+2;;;/p-1. The Bertz CT molecular complexity index is 197. The van der Waals surface area contributed by atoms with Crippen LogP contribution in [0.25, 0.3) is 0 Å². The summed E-state index contributed by atoms with van der Waals surface area (Å²) < 4.78 is 31.6. The molecule has 3 N–H and O–H groups in total. The van der Waals surface area contributed by atoms with Crippen LogP contribution in [0.2, 0.25) is 0 Å². The van der Waals surface area contributed by atoms with Crippen molar-refractivity contribution in [2.24, 2.45) is 5.73 Å². The van der Waals surface area contributed by atoms with Gasteiger partial charge in [0.15, 0.2) is 0 Å². The van der Waals surface area contributed by atoms with Gasteiger partial charge in [0.25, 0.3) is 0 Å². The van der Waals surface area contributed by atoms with Crippen molar-refractivity contribution in [1.82, 2.24) is 0 Å². The third-order valence-electron chi connectivity index (χ3n) is 0.350. The molecule has 0 bridgehead atoms. The number of hydrogen-bond acceptors (Lipinski definition) is 4. The van der Waals surface area contributed by atoms with Crippen LogP contribution in [0.15, 0.2) is 0 Å². The summed E-state index contributed by atoms with van der Waals surface area (Å²) in [5.41, 5.74) is 4.85. The van der Waals surface area contributed by atoms with Crippen LogP contribution in [-0.2, 0) is 26.9 Å². The molecule has 0 aromatic heterocycles. The molecule has 0 spiro atoms. The molecule has 0 aliphatic heterocycles. The van der Waals surface area contributed by atoms with Crippen LogP contribution >= 0.6 is 12.2 Å². The summed E-state index contributed by atoms with van der Waals surface area (Å²) in [4.78, 5) is -0.105. The SMILES string of the molecule is NC(=S)C[O][Mo](=[O])(=[O])[OH]. The van der Waals surface area contributed by atoms with Crippen molar-refractivity contribution in [2.75, 3.05) is 6.61 Å². The van der Waals surface area contributed by atoms with Crippen LogP contribution in [0.5, 0.6) is 0 Å². The van der Waals surface area contributed by atoms with Gasteiger partial charge < -0.3 is 0 Å². The first-order valence-electron chi connectivity index (χ1n) is 1.82. The maximum atomic E-state index is 9.86. The normalized spacial score (nSPS) is 11.2. The van der Waals surface area contributed by atoms with Crippen molar-refractivity contribution in [3.8, 4) is 0 Å². The topological polar surface area (TPSA) is 89.6 Å². The summed E-state index contributed by atoms with van der Waals surface area (Å²) in [6, 6.07) is 0. The second-order valence-electron chi connectivity index (χ2n) is 1.16. The molecule has 5 nitrogen and oxygen atoms in total. The minimum absolute atomic E-state index is 0.105. The van der Waals surface area contributed by atoms with E-state index in [-0.39, 0.29) is 4.99 Å². The average Bonchev–Trinajstić information content (AvgIpc) is 1.59. The van der Waals surface area contributed by atoms with Crippen LogP contribution in [-0.4, -0.2) is 15.4 Å². The predicted molar refractivity (Wildman–Crippen MR) is 26.3 cm³/mol. The van der Waals surface area contributed by atoms with Gasteiger partial charge >= 0.3 is 60.2 Å². The molecular weight excluding hydrogens is 230 g/mol. The summed E-state index contributed by atoms with van der Waals surface area (Å²) in [5.74, 6) is 0. The molecule has 0 aromatic rings. The van der Waals surface area contributed by atoms with E-state index in [1.165, 1.54) is 0 Å². The van der Waals surface area contributed by atoms with E-state index in [1.54, 1.807) is 0 Å². The molecular formula is C2H5MoNO4S. The Labute approximate surface area is 60.5 Å². The van der Waals surface area contributed by atoms with Crippen molar-refractivity contribution in [2.45, 2.75) is 0 Å². The van der Waals surface area contributed by atoms with E-state index >= 15 is 0 Å². The second-order valence-corrected chi connectivity index (χ2v) is 4.36. The summed E-state index contributed by atoms with van der Waals surface area (Å²) >= 11 is -1.09. The fourth-order valence-electron chi connectivity index (χ4n) is 0.133. The molecule has 0 aromatic carbocycles. The van der Waals surface area contributed by atoms with E-state index in [1.807, 2.05) is 0 Å². The maximum absolute atomic E-state index is 9.86. The molecule has 0 rings (SSSR count). The Kier molecular flexibility index (Phi) is 3.35. The van der Waals surface area contributed by atoms with Crippen LogP contribution in [0.3, 0.4) is 0 Å². The summed E-state index contributed by atoms with van der Waals surface area (Å²) in [6.45, 7) is -0.417. The van der Waals surface area contributed by atoms with Gasteiger partial charge in [-0.05, 0) is 0 Å². The monoisotopic (exact) mass is 237 g/mol. The number of hydrogen-bond donors (Lipinski definition) is 2. The third kappa shape index (κ3) is 8.10. The molecule has 0 saturated carbocycles. The molecule has 0 saturated heterocycles. The molecule has 0 amide bonds. The average molecular weight is 235 g/mol. The van der Waals surface area contributed by atoms with E-state index in [0.717, 1.165) is 0 Å². The minimum atomic E-state index is -5.35. The number of thiocarbonyl (C=S) groups is 1. The Morgan fingerprint density at radius 3 is 2.33 bits per heavy atom. The van der Waals surface area contributed by atoms with Gasteiger partial charge in [-0.3, -0.25) is 0 Å². The molecule has 7 heteroatoms. The zero-order valence-electron chi connectivity index (χ0n) is 4.27. The molecule has 0 aliphatic carbocycles. The third-order valence-corrected chi connectivity index (χ3v) is 1.49. The zero-order chi connectivity index (χ0) is 7.49. The Balaban J connectivity index is 3.67. The fraction of sp³-hybridized carbons (Fsp3) is 0.500. The number of rotatable bonds is 3. The van der Waals surface area contributed by atoms with Crippen molar-refractivity contribution >= 4 is 17.2 Å². The second kappa shape index (κ2) is 3.31. The molecule has 0 radical (unpaired) electrons. The Morgan fingerprint density at radius 2 is 2.22 bits per heavy atom. The van der Waals surface area contributed by atoms with Crippen LogP contribution in [0.4, 0.5) is 0 Å². The zero-order valence-corrected chi connectivity index (χ0v) is 7.10. The van der Waals surface area contributed by atoms with Gasteiger partial charge in [0.05, 0.1) is 0 Å². The molecule has 0 heterocycles. The first-order valence-corrected chi connectivity index (χ1v) is 5.58. The number of nitrogens with two attached hydrogens (primary N) is 1. The van der Waals surface area contributed by atoms with Crippen LogP contribution in [0.1, 0.15) is 0 Å². The Morgan fingerprint density at radius 1 is 1.78 bits per heavy atom. The van der Waals surface area contributed by atoms with Crippen molar-refractivity contribution in [3.63, 3.8) is 0 Å². The van der Waals surface area contributed by atoms with Crippen molar-refractivity contribution in [1.29, 1.82) is 0 Å². The van der Waals surface area contributed by atoms with Gasteiger partial charge in [0, 0.05) is 0 Å². The van der Waals surface area contributed by atoms with Crippen LogP contribution in [0, 0.1) is 0 Å². The van der Waals surface area contributed by atoms with Crippen LogP contribution < -0.4 is 5.73 Å². The van der Waals surface area contributed by atoms with Gasteiger partial charge in [-0.2, -0.15) is 0 Å². The molecule has 0 atom stereocenters. The first kappa shape index (κ1) is 9.10. The molecule has 0 fully saturated rings. The van der Waals surface area contributed by atoms with Gasteiger partial charge in [0.2, 0.25) is 0 Å². The van der Waals surface area contributed by atoms with E-state index in [0.29, 0.717) is 0 Å². The molecule has 9 heavy (non-hydrogen) atoms. The first-order chi connectivity index (χ1) is 3.92. The van der Waals surface area contributed by atoms with Crippen molar-refractivity contribution in [3.05, 3.63) is 0 Å². The summed E-state index contributed by atoms with van der Waals surface area (Å²) in [6.07, 6.45) is 0. The van der Waals surface area contributed by atoms with E-state index < -0.39 is 23.4 Å². The Hall–Kier alpha value is 0.0983. The predicted octanol–water partition coefficient (Wildman–Crippen LogP) is -1.04. The van der Waals surface area contributed by atoms with Gasteiger partial charge in [-0.15, -0.1) is 0 Å². The molecule has 0 unspecified atom stereocenters. The summed E-state index contributed by atoms with van der Waals surface area (Å²) in [5, 5.41) is 0. The van der Waals surface area contributed by atoms with E-state index in [2.05, 4.69) is 15.6 Å². The quantitative estimate of drug-likeness (QED) is 0.479. The van der Waals surface area contributed by atoms with E-state index in [4.69, 9.17) is 9.49 Å². The van der Waals surface area contributed by atoms with Gasteiger partial charge in [0.1, 0.15) is 0 Å². The van der Waals surface area contributed by atoms with Gasteiger partial charge in [-0.25, -0.2) is 0 Å². The fourth-order valence-corrected chi connectivity index (χ4v) is 1.07. The van der Waals surface area contributed by atoms with E-state index in [9.17, 15) is 6.80 Å². The summed E-state index contributed by atoms with van der Waals surface area (Å²) in [7, 11) is 0. The van der Waals surface area contributed by atoms with Gasteiger partial charge in [-0.1, -0.05) is 0 Å². The molecule has 0 aliphatic rings.